The molecule has 0 heterocycles. The second-order valence-electron chi connectivity index (χ2n) is 11.9. The van der Waals surface area contributed by atoms with Gasteiger partial charge in [0, 0.05) is 16.8 Å². The van der Waals surface area contributed by atoms with Gasteiger partial charge in [-0.1, -0.05) is 127 Å². The van der Waals surface area contributed by atoms with Crippen molar-refractivity contribution < 1.29 is 0 Å². The maximum atomic E-state index is 5.31. The van der Waals surface area contributed by atoms with Crippen LogP contribution in [0.1, 0.15) is 5.56 Å². The molecule has 224 valence electrons. The monoisotopic (exact) mass is 604 g/mol. The van der Waals surface area contributed by atoms with Gasteiger partial charge in [-0.25, -0.2) is 9.49 Å². The number of hydrogen-bond donors (Lipinski definition) is 0. The molecule has 1 atom stereocenters. The van der Waals surface area contributed by atoms with Crippen LogP contribution in [0.25, 0.3) is 32.3 Å². The third-order valence-electron chi connectivity index (χ3n) is 9.22. The van der Waals surface area contributed by atoms with E-state index >= 15 is 0 Å². The lowest BCUT2D eigenvalue weighted by Gasteiger charge is -2.36. The summed E-state index contributed by atoms with van der Waals surface area (Å²) >= 11 is 0. The average molecular weight is 605 g/mol. The van der Waals surface area contributed by atoms with E-state index in [0.717, 1.165) is 22.3 Å². The lowest BCUT2D eigenvalue weighted by Crippen LogP contribution is -2.35. The number of anilines is 2. The zero-order chi connectivity index (χ0) is 31.6. The molecule has 0 aromatic heterocycles. The number of para-hydroxylation sites is 3. The fourth-order valence-corrected chi connectivity index (χ4v) is 7.01. The van der Waals surface area contributed by atoms with Crippen molar-refractivity contribution in [3.63, 3.8) is 0 Å². The smallest absolute Gasteiger partial charge is 0.160 e. The molecular weight excluding hydrogens is 571 g/mol. The molecule has 0 N–H and O–H groups in total. The Morgan fingerprint density at radius 1 is 0.447 bits per heavy atom. The minimum Gasteiger partial charge on any atom is -0.234 e. The van der Waals surface area contributed by atoms with E-state index in [-0.39, 0.29) is 0 Å². The van der Waals surface area contributed by atoms with Crippen molar-refractivity contribution in [3.05, 3.63) is 188 Å². The van der Waals surface area contributed by atoms with Crippen molar-refractivity contribution in [2.45, 2.75) is 0 Å². The molecule has 8 rings (SSSR count). The largest absolute Gasteiger partial charge is 0.234 e. The summed E-state index contributed by atoms with van der Waals surface area (Å²) in [5.41, 5.74) is 6.61. The molecule has 1 unspecified atom stereocenters. The maximum absolute atomic E-state index is 5.31. The lowest BCUT2D eigenvalue weighted by atomic mass is 9.92. The molecule has 3 heteroatoms. The Bertz CT molecular complexity index is 2320. The van der Waals surface area contributed by atoms with Gasteiger partial charge in [-0.15, -0.1) is 0 Å². The highest BCUT2D eigenvalue weighted by Gasteiger charge is 2.37. The molecule has 8 aromatic rings. The fraction of sp³-hybridized carbons (Fsp3) is 0.0227. The van der Waals surface area contributed by atoms with Gasteiger partial charge in [-0.05, 0) is 70.1 Å². The quantitative estimate of drug-likeness (QED) is 0.0765. The van der Waals surface area contributed by atoms with E-state index in [9.17, 15) is 0 Å². The predicted octanol–water partition coefficient (Wildman–Crippen LogP) is 11.9. The number of hydrogen-bond acceptors (Lipinski definition) is 2. The summed E-state index contributed by atoms with van der Waals surface area (Å²) in [6.45, 7) is 0. The fourth-order valence-electron chi connectivity index (χ4n) is 7.01. The van der Waals surface area contributed by atoms with Gasteiger partial charge in [0.1, 0.15) is 5.69 Å². The molecular formula is C44H34N3+. The Hall–Kier alpha value is -6.03. The van der Waals surface area contributed by atoms with Crippen molar-refractivity contribution in [2.24, 2.45) is 5.10 Å². The van der Waals surface area contributed by atoms with Crippen molar-refractivity contribution in [3.8, 4) is 0 Å². The van der Waals surface area contributed by atoms with Crippen LogP contribution in [0.15, 0.2) is 187 Å². The van der Waals surface area contributed by atoms with E-state index in [2.05, 4.69) is 183 Å². The van der Waals surface area contributed by atoms with Gasteiger partial charge in [0.2, 0.25) is 0 Å². The summed E-state index contributed by atoms with van der Waals surface area (Å²) in [6, 6.07) is 64.5. The lowest BCUT2D eigenvalue weighted by molar-refractivity contribution is 0.637. The van der Waals surface area contributed by atoms with Gasteiger partial charge in [0.05, 0.1) is 30.2 Å². The highest BCUT2D eigenvalue weighted by Crippen LogP contribution is 2.51. The topological polar surface area (TPSA) is 15.6 Å². The van der Waals surface area contributed by atoms with E-state index in [1.54, 1.807) is 0 Å². The molecule has 0 aliphatic heterocycles. The van der Waals surface area contributed by atoms with E-state index in [1.807, 2.05) is 17.1 Å². The van der Waals surface area contributed by atoms with Crippen LogP contribution in [0.3, 0.4) is 0 Å². The highest BCUT2D eigenvalue weighted by atomic mass is 15.5. The van der Waals surface area contributed by atoms with Gasteiger partial charge >= 0.3 is 0 Å². The molecule has 0 saturated heterocycles. The van der Waals surface area contributed by atoms with Crippen LogP contribution >= 0.6 is 0 Å². The first-order valence-electron chi connectivity index (χ1n) is 16.0. The van der Waals surface area contributed by atoms with Crippen LogP contribution in [-0.2, 0) is 0 Å². The minimum atomic E-state index is 0.450. The highest BCUT2D eigenvalue weighted by molar-refractivity contribution is 6.22. The Kier molecular flexibility index (Phi) is 7.29. The third kappa shape index (κ3) is 4.94. The Labute approximate surface area is 275 Å². The zero-order valence-electron chi connectivity index (χ0n) is 26.2. The number of fused-ring (bicyclic) bond motifs is 4. The minimum absolute atomic E-state index is 0.450. The van der Waals surface area contributed by atoms with E-state index < -0.39 is 0 Å². The van der Waals surface area contributed by atoms with Gasteiger partial charge in [0.25, 0.3) is 0 Å². The van der Waals surface area contributed by atoms with Crippen LogP contribution in [0.5, 0.6) is 0 Å². The number of hydrazone groups is 1. The summed E-state index contributed by atoms with van der Waals surface area (Å²) in [5.74, 6) is 0. The molecule has 0 amide bonds. The molecule has 3 nitrogen and oxygen atoms in total. The summed E-state index contributed by atoms with van der Waals surface area (Å²) in [6.07, 6.45) is 2.08. The first-order valence-corrected chi connectivity index (χ1v) is 16.0. The zero-order valence-corrected chi connectivity index (χ0v) is 26.2. The summed E-state index contributed by atoms with van der Waals surface area (Å²) in [5, 5.41) is 14.5. The third-order valence-corrected chi connectivity index (χ3v) is 9.22. The molecule has 0 spiro atoms. The van der Waals surface area contributed by atoms with E-state index in [1.165, 1.54) is 44.0 Å². The molecule has 0 bridgehead atoms. The van der Waals surface area contributed by atoms with Gasteiger partial charge in [-0.3, -0.25) is 0 Å². The number of benzene rings is 8. The van der Waals surface area contributed by atoms with E-state index in [0.29, 0.717) is 4.48 Å². The second kappa shape index (κ2) is 12.1. The van der Waals surface area contributed by atoms with Crippen LogP contribution in [0, 0.1) is 0 Å². The summed E-state index contributed by atoms with van der Waals surface area (Å²) in [7, 11) is 2.33. The van der Waals surface area contributed by atoms with Gasteiger partial charge < -0.3 is 0 Å². The number of nitrogens with zero attached hydrogens (tertiary/aromatic N) is 3. The Balaban J connectivity index is 1.50. The van der Waals surface area contributed by atoms with Crippen molar-refractivity contribution in [1.82, 2.24) is 4.48 Å². The SMILES string of the molecule is C[N+](c1ccccc1)(c1cccc2ccccc12)c1c(/C=N/N(c2ccccc2)c2ccccc2)c2ccccc2c2ccccc12. The molecule has 0 aliphatic rings. The molecule has 0 radical (unpaired) electrons. The summed E-state index contributed by atoms with van der Waals surface area (Å²) in [4.78, 5) is 0. The van der Waals surface area contributed by atoms with Crippen LogP contribution in [-0.4, -0.2) is 13.3 Å². The summed E-state index contributed by atoms with van der Waals surface area (Å²) < 4.78 is 0.450. The maximum Gasteiger partial charge on any atom is 0.160 e. The predicted molar refractivity (Wildman–Crippen MR) is 201 cm³/mol. The van der Waals surface area contributed by atoms with Crippen molar-refractivity contribution in [2.75, 3.05) is 12.1 Å². The average Bonchev–Trinajstić information content (AvgIpc) is 3.15. The van der Waals surface area contributed by atoms with E-state index in [4.69, 9.17) is 5.10 Å². The van der Waals surface area contributed by atoms with Gasteiger partial charge in [0.15, 0.2) is 11.4 Å². The molecule has 47 heavy (non-hydrogen) atoms. The van der Waals surface area contributed by atoms with Crippen LogP contribution in [0.2, 0.25) is 0 Å². The molecule has 0 saturated carbocycles. The Morgan fingerprint density at radius 3 is 1.55 bits per heavy atom. The molecule has 0 aliphatic carbocycles. The first kappa shape index (κ1) is 28.4. The normalized spacial score (nSPS) is 12.9. The second-order valence-corrected chi connectivity index (χ2v) is 11.9. The van der Waals surface area contributed by atoms with Crippen molar-refractivity contribution in [1.29, 1.82) is 0 Å². The van der Waals surface area contributed by atoms with Crippen LogP contribution < -0.4 is 9.49 Å². The van der Waals surface area contributed by atoms with Crippen molar-refractivity contribution >= 4 is 67.0 Å². The Morgan fingerprint density at radius 2 is 0.915 bits per heavy atom. The van der Waals surface area contributed by atoms with Gasteiger partial charge in [-0.2, -0.15) is 5.10 Å². The molecule has 8 aromatic carbocycles. The number of rotatable bonds is 7. The number of quaternary nitrogens is 1. The van der Waals surface area contributed by atoms with Crippen LogP contribution in [0.4, 0.5) is 28.4 Å². The standard InChI is InChI=1S/C44H34N3/c1-47(36-24-9-4-10-25-36,43-31-17-19-33-18-11-12-26-37(33)43)44-41-30-16-15-28-39(41)38-27-13-14-29-40(38)42(44)32-45-46(34-20-5-2-6-21-34)35-22-7-3-8-23-35/h2-32H,1H3/q+1/b45-32+. The molecule has 0 fully saturated rings. The first-order chi connectivity index (χ1) is 23.2.